The van der Waals surface area contributed by atoms with Crippen molar-refractivity contribution in [3.63, 3.8) is 0 Å². The van der Waals surface area contributed by atoms with Gasteiger partial charge in [0.1, 0.15) is 0 Å². The summed E-state index contributed by atoms with van der Waals surface area (Å²) in [5.74, 6) is 0.960. The number of para-hydroxylation sites is 2. The van der Waals surface area contributed by atoms with Crippen molar-refractivity contribution in [1.82, 2.24) is 9.55 Å². The molecule has 1 radical (unpaired) electrons. The van der Waals surface area contributed by atoms with Gasteiger partial charge in [-0.15, -0.1) is 35.9 Å². The molecule has 0 aliphatic heterocycles. The van der Waals surface area contributed by atoms with Crippen LogP contribution in [0.2, 0.25) is 0 Å². The van der Waals surface area contributed by atoms with Gasteiger partial charge < -0.3 is 4.57 Å². The number of benzene rings is 2. The van der Waals surface area contributed by atoms with Crippen molar-refractivity contribution in [2.75, 3.05) is 0 Å². The van der Waals surface area contributed by atoms with Crippen molar-refractivity contribution >= 4 is 11.0 Å². The van der Waals surface area contributed by atoms with E-state index in [0.29, 0.717) is 0 Å². The normalized spacial score (nSPS) is 10.2. The van der Waals surface area contributed by atoms with Crippen molar-refractivity contribution < 1.29 is 20.1 Å². The molecule has 0 spiro atoms. The van der Waals surface area contributed by atoms with Crippen LogP contribution in [-0.4, -0.2) is 9.55 Å². The molecular formula is C14H11IrN2-. The monoisotopic (exact) mass is 400 g/mol. The van der Waals surface area contributed by atoms with E-state index in [2.05, 4.69) is 21.7 Å². The Hall–Kier alpha value is -1.44. The van der Waals surface area contributed by atoms with Gasteiger partial charge >= 0.3 is 0 Å². The molecular weight excluding hydrogens is 388 g/mol. The van der Waals surface area contributed by atoms with Crippen LogP contribution in [0.15, 0.2) is 48.5 Å². The van der Waals surface area contributed by atoms with Gasteiger partial charge in [0, 0.05) is 27.2 Å². The van der Waals surface area contributed by atoms with Gasteiger partial charge in [-0.1, -0.05) is 12.1 Å². The number of rotatable bonds is 1. The molecule has 0 bridgehead atoms. The van der Waals surface area contributed by atoms with E-state index in [1.807, 2.05) is 49.5 Å². The van der Waals surface area contributed by atoms with Gasteiger partial charge in [-0.2, -0.15) is 0 Å². The molecule has 87 valence electrons. The Balaban J connectivity index is 0.00000108. The maximum Gasteiger partial charge on any atom is 0.0770 e. The van der Waals surface area contributed by atoms with Gasteiger partial charge in [0.25, 0.3) is 0 Å². The zero-order chi connectivity index (χ0) is 11.0. The Labute approximate surface area is 114 Å². The molecule has 0 aliphatic carbocycles. The Morgan fingerprint density at radius 2 is 1.82 bits per heavy atom. The zero-order valence-electron chi connectivity index (χ0n) is 9.35. The predicted molar refractivity (Wildman–Crippen MR) is 65.0 cm³/mol. The van der Waals surface area contributed by atoms with Crippen molar-refractivity contribution in [1.29, 1.82) is 0 Å². The minimum absolute atomic E-state index is 0. The van der Waals surface area contributed by atoms with E-state index >= 15 is 0 Å². The van der Waals surface area contributed by atoms with Gasteiger partial charge in [0.2, 0.25) is 0 Å². The van der Waals surface area contributed by atoms with Gasteiger partial charge in [0.15, 0.2) is 0 Å². The van der Waals surface area contributed by atoms with E-state index in [1.54, 1.807) is 0 Å². The molecule has 17 heavy (non-hydrogen) atoms. The van der Waals surface area contributed by atoms with Crippen LogP contribution in [0.4, 0.5) is 0 Å². The number of fused-ring (bicyclic) bond motifs is 1. The fourth-order valence-corrected chi connectivity index (χ4v) is 1.92. The van der Waals surface area contributed by atoms with Crippen molar-refractivity contribution in [3.05, 3.63) is 54.6 Å². The van der Waals surface area contributed by atoms with Crippen LogP contribution in [0.5, 0.6) is 0 Å². The number of hydrogen-bond acceptors (Lipinski definition) is 1. The summed E-state index contributed by atoms with van der Waals surface area (Å²) in [6.07, 6.45) is 0. The first-order valence-electron chi connectivity index (χ1n) is 5.25. The molecule has 3 heteroatoms. The van der Waals surface area contributed by atoms with Gasteiger partial charge in [-0.3, -0.25) is 4.98 Å². The van der Waals surface area contributed by atoms with E-state index < -0.39 is 0 Å². The minimum atomic E-state index is 0. The smallest absolute Gasteiger partial charge is 0.0770 e. The molecule has 0 unspecified atom stereocenters. The third-order valence-corrected chi connectivity index (χ3v) is 2.74. The summed E-state index contributed by atoms with van der Waals surface area (Å²) in [6.45, 7) is 0. The first kappa shape index (κ1) is 12.0. The molecule has 0 aliphatic rings. The fourth-order valence-electron chi connectivity index (χ4n) is 1.92. The van der Waals surface area contributed by atoms with E-state index in [0.717, 1.165) is 22.4 Å². The molecule has 0 saturated carbocycles. The molecule has 0 atom stereocenters. The summed E-state index contributed by atoms with van der Waals surface area (Å²) >= 11 is 0. The van der Waals surface area contributed by atoms with E-state index in [1.165, 1.54) is 0 Å². The SMILES string of the molecule is Cn1c(-c2[c-]cccc2)nc2ccccc21.[Ir]. The summed E-state index contributed by atoms with van der Waals surface area (Å²) < 4.78 is 2.10. The molecule has 1 heterocycles. The van der Waals surface area contributed by atoms with Gasteiger partial charge in [0.05, 0.1) is 16.9 Å². The average Bonchev–Trinajstić information content (AvgIpc) is 2.69. The predicted octanol–water partition coefficient (Wildman–Crippen LogP) is 3.04. The molecule has 3 rings (SSSR count). The summed E-state index contributed by atoms with van der Waals surface area (Å²) in [4.78, 5) is 4.61. The van der Waals surface area contributed by atoms with Crippen molar-refractivity contribution in [3.8, 4) is 11.4 Å². The number of aryl methyl sites for hydroxylation is 1. The zero-order valence-corrected chi connectivity index (χ0v) is 11.7. The van der Waals surface area contributed by atoms with Crippen LogP contribution in [0.1, 0.15) is 0 Å². The first-order valence-corrected chi connectivity index (χ1v) is 5.25. The fraction of sp³-hybridized carbons (Fsp3) is 0.0714. The van der Waals surface area contributed by atoms with Crippen LogP contribution in [0.25, 0.3) is 22.4 Å². The third kappa shape index (κ3) is 2.04. The van der Waals surface area contributed by atoms with Gasteiger partial charge in [-0.25, -0.2) is 0 Å². The standard InChI is InChI=1S/C14H11N2.Ir/c1-16-13-10-6-5-9-12(13)15-14(16)11-7-3-2-4-8-11;/h2-7,9-10H,1H3;/q-1;. The second-order valence-corrected chi connectivity index (χ2v) is 3.76. The second-order valence-electron chi connectivity index (χ2n) is 3.76. The number of hydrogen-bond donors (Lipinski definition) is 0. The molecule has 2 nitrogen and oxygen atoms in total. The van der Waals surface area contributed by atoms with Crippen molar-refractivity contribution in [2.24, 2.45) is 7.05 Å². The molecule has 2 aromatic carbocycles. The van der Waals surface area contributed by atoms with Crippen molar-refractivity contribution in [2.45, 2.75) is 0 Å². The Kier molecular flexibility index (Phi) is 3.41. The quantitative estimate of drug-likeness (QED) is 0.575. The number of imidazole rings is 1. The Morgan fingerprint density at radius 3 is 2.53 bits per heavy atom. The van der Waals surface area contributed by atoms with E-state index in [-0.39, 0.29) is 20.1 Å². The van der Waals surface area contributed by atoms with E-state index in [4.69, 9.17) is 0 Å². The summed E-state index contributed by atoms with van der Waals surface area (Å²) in [5.41, 5.74) is 3.20. The molecule has 3 aromatic rings. The molecule has 1 aromatic heterocycles. The second kappa shape index (κ2) is 4.82. The van der Waals surface area contributed by atoms with Crippen LogP contribution < -0.4 is 0 Å². The summed E-state index contributed by atoms with van der Waals surface area (Å²) in [5, 5.41) is 0. The van der Waals surface area contributed by atoms with Crippen LogP contribution in [0, 0.1) is 6.07 Å². The number of aromatic nitrogens is 2. The minimum Gasteiger partial charge on any atom is -0.367 e. The van der Waals surface area contributed by atoms with Crippen LogP contribution in [0.3, 0.4) is 0 Å². The largest absolute Gasteiger partial charge is 0.367 e. The van der Waals surface area contributed by atoms with E-state index in [9.17, 15) is 0 Å². The Morgan fingerprint density at radius 1 is 1.06 bits per heavy atom. The average molecular weight is 399 g/mol. The first-order chi connectivity index (χ1) is 7.86. The van der Waals surface area contributed by atoms with Crippen LogP contribution in [-0.2, 0) is 27.2 Å². The third-order valence-electron chi connectivity index (χ3n) is 2.74. The topological polar surface area (TPSA) is 17.8 Å². The number of nitrogens with zero attached hydrogens (tertiary/aromatic N) is 2. The van der Waals surface area contributed by atoms with Crippen LogP contribution >= 0.6 is 0 Å². The van der Waals surface area contributed by atoms with Gasteiger partial charge in [-0.05, 0) is 12.1 Å². The Bertz CT molecular complexity index is 629. The molecule has 0 saturated heterocycles. The molecule has 0 N–H and O–H groups in total. The summed E-state index contributed by atoms with van der Waals surface area (Å²) in [6, 6.07) is 19.3. The maximum absolute atomic E-state index is 4.61. The molecule has 0 amide bonds. The molecule has 0 fully saturated rings. The maximum atomic E-state index is 4.61. The summed E-state index contributed by atoms with van der Waals surface area (Å²) in [7, 11) is 2.03.